The molecule has 0 aliphatic heterocycles. The van der Waals surface area contributed by atoms with Crippen molar-refractivity contribution in [1.29, 1.82) is 0 Å². The number of benzene rings is 1. The third kappa shape index (κ3) is 3.77. The van der Waals surface area contributed by atoms with E-state index in [0.29, 0.717) is 12.4 Å². The van der Waals surface area contributed by atoms with Gasteiger partial charge in [0.05, 0.1) is 12.7 Å². The maximum absolute atomic E-state index is 13.1. The van der Waals surface area contributed by atoms with Crippen LogP contribution in [0.25, 0.3) is 0 Å². The van der Waals surface area contributed by atoms with Gasteiger partial charge in [-0.3, -0.25) is 4.79 Å². The average Bonchev–Trinajstić information content (AvgIpc) is 2.36. The largest absolute Gasteiger partial charge is 0.496 e. The van der Waals surface area contributed by atoms with Crippen LogP contribution in [0, 0.1) is 11.7 Å². The second kappa shape index (κ2) is 6.66. The number of ketones is 1. The summed E-state index contributed by atoms with van der Waals surface area (Å²) in [6, 6.07) is 3.92. The molecule has 2 rings (SSSR count). The van der Waals surface area contributed by atoms with Crippen LogP contribution in [0.4, 0.5) is 4.39 Å². The lowest BCUT2D eigenvalue weighted by Gasteiger charge is -2.24. The number of hydrogen-bond donors (Lipinski definition) is 0. The standard InChI is InChI=1S/C15H19FO3/c1-18-15-6-5-12(16)9-13(15)14(17)10-19-8-7-11-3-2-4-11/h5-6,9,11H,2-4,7-8,10H2,1H3. The van der Waals surface area contributed by atoms with Crippen molar-refractivity contribution in [2.24, 2.45) is 5.92 Å². The molecule has 1 aliphatic rings. The fourth-order valence-electron chi connectivity index (χ4n) is 2.17. The molecule has 0 amide bonds. The Kier molecular flexibility index (Phi) is 4.91. The number of rotatable bonds is 7. The van der Waals surface area contributed by atoms with E-state index in [0.717, 1.165) is 12.3 Å². The van der Waals surface area contributed by atoms with Gasteiger partial charge in [0.25, 0.3) is 0 Å². The van der Waals surface area contributed by atoms with Gasteiger partial charge in [-0.1, -0.05) is 19.3 Å². The highest BCUT2D eigenvalue weighted by atomic mass is 19.1. The molecule has 0 N–H and O–H groups in total. The molecule has 3 nitrogen and oxygen atoms in total. The Hall–Kier alpha value is -1.42. The van der Waals surface area contributed by atoms with Crippen LogP contribution in [0.3, 0.4) is 0 Å². The predicted molar refractivity (Wildman–Crippen MR) is 70.1 cm³/mol. The van der Waals surface area contributed by atoms with Crippen LogP contribution in [-0.2, 0) is 4.74 Å². The van der Waals surface area contributed by atoms with E-state index in [-0.39, 0.29) is 18.0 Å². The highest BCUT2D eigenvalue weighted by molar-refractivity contribution is 5.99. The topological polar surface area (TPSA) is 35.5 Å². The smallest absolute Gasteiger partial charge is 0.192 e. The molecule has 0 bridgehead atoms. The molecular weight excluding hydrogens is 247 g/mol. The number of Topliss-reactive ketones (excluding diaryl/α,β-unsaturated/α-hetero) is 1. The Morgan fingerprint density at radius 3 is 2.84 bits per heavy atom. The summed E-state index contributed by atoms with van der Waals surface area (Å²) in [7, 11) is 1.46. The first-order valence-electron chi connectivity index (χ1n) is 6.65. The van der Waals surface area contributed by atoms with Crippen LogP contribution in [0.15, 0.2) is 18.2 Å². The van der Waals surface area contributed by atoms with Crippen molar-refractivity contribution >= 4 is 5.78 Å². The van der Waals surface area contributed by atoms with E-state index in [2.05, 4.69) is 0 Å². The van der Waals surface area contributed by atoms with E-state index in [9.17, 15) is 9.18 Å². The Morgan fingerprint density at radius 1 is 1.42 bits per heavy atom. The molecule has 1 fully saturated rings. The first-order valence-corrected chi connectivity index (χ1v) is 6.65. The molecule has 1 saturated carbocycles. The van der Waals surface area contributed by atoms with Crippen molar-refractivity contribution in [3.8, 4) is 5.75 Å². The van der Waals surface area contributed by atoms with Gasteiger partial charge in [0.15, 0.2) is 5.78 Å². The number of halogens is 1. The normalized spacial score (nSPS) is 15.1. The lowest BCUT2D eigenvalue weighted by Crippen LogP contribution is -2.16. The van der Waals surface area contributed by atoms with E-state index >= 15 is 0 Å². The summed E-state index contributed by atoms with van der Waals surface area (Å²) in [4.78, 5) is 11.9. The quantitative estimate of drug-likeness (QED) is 0.561. The van der Waals surface area contributed by atoms with Gasteiger partial charge in [0.1, 0.15) is 18.2 Å². The second-order valence-electron chi connectivity index (χ2n) is 4.91. The second-order valence-corrected chi connectivity index (χ2v) is 4.91. The predicted octanol–water partition coefficient (Wildman–Crippen LogP) is 3.22. The Balaban J connectivity index is 1.82. The van der Waals surface area contributed by atoms with Gasteiger partial charge in [-0.25, -0.2) is 4.39 Å². The third-order valence-electron chi connectivity index (χ3n) is 3.59. The van der Waals surface area contributed by atoms with Gasteiger partial charge in [-0.2, -0.15) is 0 Å². The number of carbonyl (C=O) groups is 1. The zero-order valence-electron chi connectivity index (χ0n) is 11.2. The van der Waals surface area contributed by atoms with Gasteiger partial charge < -0.3 is 9.47 Å². The van der Waals surface area contributed by atoms with E-state index in [1.807, 2.05) is 0 Å². The molecular formula is C15H19FO3. The van der Waals surface area contributed by atoms with E-state index in [4.69, 9.17) is 9.47 Å². The third-order valence-corrected chi connectivity index (χ3v) is 3.59. The minimum absolute atomic E-state index is 0.0213. The van der Waals surface area contributed by atoms with Crippen LogP contribution in [-0.4, -0.2) is 26.1 Å². The van der Waals surface area contributed by atoms with Crippen molar-refractivity contribution < 1.29 is 18.7 Å². The molecule has 0 radical (unpaired) electrons. The van der Waals surface area contributed by atoms with Crippen molar-refractivity contribution in [2.45, 2.75) is 25.7 Å². The van der Waals surface area contributed by atoms with E-state index in [1.54, 1.807) is 0 Å². The summed E-state index contributed by atoms with van der Waals surface area (Å²) in [6.45, 7) is 0.570. The first kappa shape index (κ1) is 14.0. The average molecular weight is 266 g/mol. The highest BCUT2D eigenvalue weighted by Crippen LogP contribution is 2.29. The van der Waals surface area contributed by atoms with Crippen LogP contribution in [0.2, 0.25) is 0 Å². The summed E-state index contributed by atoms with van der Waals surface area (Å²) in [5.41, 5.74) is 0.242. The van der Waals surface area contributed by atoms with Crippen molar-refractivity contribution in [2.75, 3.05) is 20.3 Å². The molecule has 0 saturated heterocycles. The SMILES string of the molecule is COc1ccc(F)cc1C(=O)COCCC1CCC1. The van der Waals surface area contributed by atoms with Crippen LogP contribution >= 0.6 is 0 Å². The fraction of sp³-hybridized carbons (Fsp3) is 0.533. The van der Waals surface area contributed by atoms with Gasteiger partial charge in [0.2, 0.25) is 0 Å². The molecule has 1 aliphatic carbocycles. The summed E-state index contributed by atoms with van der Waals surface area (Å²) in [6.07, 6.45) is 4.86. The summed E-state index contributed by atoms with van der Waals surface area (Å²) in [5, 5.41) is 0. The number of hydrogen-bond acceptors (Lipinski definition) is 3. The van der Waals surface area contributed by atoms with Crippen molar-refractivity contribution in [3.63, 3.8) is 0 Å². The van der Waals surface area contributed by atoms with E-state index in [1.165, 1.54) is 44.6 Å². The fourth-order valence-corrected chi connectivity index (χ4v) is 2.17. The molecule has 0 aromatic heterocycles. The lowest BCUT2D eigenvalue weighted by atomic mass is 9.83. The zero-order chi connectivity index (χ0) is 13.7. The van der Waals surface area contributed by atoms with Gasteiger partial charge >= 0.3 is 0 Å². The zero-order valence-corrected chi connectivity index (χ0v) is 11.2. The minimum atomic E-state index is -0.446. The lowest BCUT2D eigenvalue weighted by molar-refractivity contribution is 0.0702. The van der Waals surface area contributed by atoms with Gasteiger partial charge in [-0.15, -0.1) is 0 Å². The Labute approximate surface area is 112 Å². The maximum atomic E-state index is 13.1. The number of methoxy groups -OCH3 is 1. The number of ether oxygens (including phenoxy) is 2. The molecule has 0 spiro atoms. The maximum Gasteiger partial charge on any atom is 0.192 e. The molecule has 1 aromatic rings. The summed E-state index contributed by atoms with van der Waals surface area (Å²) < 4.78 is 23.6. The van der Waals surface area contributed by atoms with Crippen molar-refractivity contribution in [1.82, 2.24) is 0 Å². The molecule has 0 atom stereocenters. The van der Waals surface area contributed by atoms with Crippen molar-refractivity contribution in [3.05, 3.63) is 29.6 Å². The first-order chi connectivity index (χ1) is 9.20. The summed E-state index contributed by atoms with van der Waals surface area (Å²) in [5.74, 6) is 0.455. The molecule has 104 valence electrons. The van der Waals surface area contributed by atoms with Crippen LogP contribution < -0.4 is 4.74 Å². The molecule has 4 heteroatoms. The highest BCUT2D eigenvalue weighted by Gasteiger charge is 2.17. The molecule has 0 unspecified atom stereocenters. The summed E-state index contributed by atoms with van der Waals surface area (Å²) >= 11 is 0. The Morgan fingerprint density at radius 2 is 2.21 bits per heavy atom. The van der Waals surface area contributed by atoms with Gasteiger partial charge in [0, 0.05) is 6.61 Å². The molecule has 0 heterocycles. The van der Waals surface area contributed by atoms with Crippen LogP contribution in [0.5, 0.6) is 5.75 Å². The van der Waals surface area contributed by atoms with Gasteiger partial charge in [-0.05, 0) is 30.5 Å². The molecule has 19 heavy (non-hydrogen) atoms. The monoisotopic (exact) mass is 266 g/mol. The van der Waals surface area contributed by atoms with E-state index < -0.39 is 5.82 Å². The molecule has 1 aromatic carbocycles. The number of carbonyl (C=O) groups excluding carboxylic acids is 1. The van der Waals surface area contributed by atoms with Crippen LogP contribution in [0.1, 0.15) is 36.0 Å². The Bertz CT molecular complexity index is 441. The minimum Gasteiger partial charge on any atom is -0.496 e.